The van der Waals surface area contributed by atoms with Gasteiger partial charge in [-0.15, -0.1) is 0 Å². The van der Waals surface area contributed by atoms with Crippen LogP contribution in [0, 0.1) is 6.92 Å². The van der Waals surface area contributed by atoms with Gasteiger partial charge in [-0.3, -0.25) is 9.89 Å². The zero-order valence-electron chi connectivity index (χ0n) is 17.1. The van der Waals surface area contributed by atoms with Gasteiger partial charge in [0.25, 0.3) is 5.91 Å². The zero-order valence-corrected chi connectivity index (χ0v) is 17.1. The van der Waals surface area contributed by atoms with Crippen LogP contribution in [0.2, 0.25) is 0 Å². The third-order valence-corrected chi connectivity index (χ3v) is 5.14. The normalized spacial score (nSPS) is 14.5. The minimum Gasteiger partial charge on any atom is -0.353 e. The highest BCUT2D eigenvalue weighted by Crippen LogP contribution is 2.21. The lowest BCUT2D eigenvalue weighted by molar-refractivity contribution is 0.0740. The number of benzene rings is 1. The molecule has 1 N–H and O–H groups in total. The van der Waals surface area contributed by atoms with Crippen molar-refractivity contribution < 1.29 is 4.79 Å². The van der Waals surface area contributed by atoms with E-state index in [1.807, 2.05) is 54.3 Å². The van der Waals surface area contributed by atoms with E-state index in [0.717, 1.165) is 41.7 Å². The monoisotopic (exact) mass is 390 g/mol. The van der Waals surface area contributed by atoms with Crippen LogP contribution in [0.5, 0.6) is 0 Å². The van der Waals surface area contributed by atoms with Crippen molar-refractivity contribution in [3.8, 4) is 11.3 Å². The number of aromatic nitrogens is 4. The molecule has 1 aliphatic heterocycles. The molecule has 29 heavy (non-hydrogen) atoms. The van der Waals surface area contributed by atoms with Crippen LogP contribution in [0.15, 0.2) is 42.5 Å². The summed E-state index contributed by atoms with van der Waals surface area (Å²) in [5.41, 5.74) is 3.28. The minimum absolute atomic E-state index is 0.0129. The molecule has 7 nitrogen and oxygen atoms in total. The van der Waals surface area contributed by atoms with E-state index in [1.165, 1.54) is 0 Å². The van der Waals surface area contributed by atoms with E-state index in [9.17, 15) is 4.79 Å². The third kappa shape index (κ3) is 4.13. The number of amides is 1. The van der Waals surface area contributed by atoms with Gasteiger partial charge < -0.3 is 9.80 Å². The molecule has 0 bridgehead atoms. The number of hydrogen-bond acceptors (Lipinski definition) is 5. The van der Waals surface area contributed by atoms with E-state index < -0.39 is 0 Å². The average molecular weight is 390 g/mol. The lowest BCUT2D eigenvalue weighted by Gasteiger charge is -2.35. The van der Waals surface area contributed by atoms with Crippen molar-refractivity contribution in [2.45, 2.75) is 26.7 Å². The molecule has 1 aromatic carbocycles. The van der Waals surface area contributed by atoms with Crippen LogP contribution in [-0.4, -0.2) is 57.2 Å². The molecule has 2 aromatic heterocycles. The molecule has 1 aliphatic rings. The predicted octanol–water partition coefficient (Wildman–Crippen LogP) is 3.26. The Labute approximate surface area is 170 Å². The van der Waals surface area contributed by atoms with Crippen molar-refractivity contribution in [3.05, 3.63) is 59.7 Å². The summed E-state index contributed by atoms with van der Waals surface area (Å²) in [7, 11) is 0. The largest absolute Gasteiger partial charge is 0.353 e. The fraction of sp³-hybridized carbons (Fsp3) is 0.364. The molecule has 1 fully saturated rings. The number of carbonyl (C=O) groups excluding carboxylic acids is 1. The molecule has 0 spiro atoms. The molecule has 0 saturated carbocycles. The van der Waals surface area contributed by atoms with Crippen LogP contribution in [0.25, 0.3) is 11.3 Å². The van der Waals surface area contributed by atoms with E-state index >= 15 is 0 Å². The van der Waals surface area contributed by atoms with Gasteiger partial charge >= 0.3 is 0 Å². The van der Waals surface area contributed by atoms with E-state index in [1.54, 1.807) is 0 Å². The van der Waals surface area contributed by atoms with Crippen molar-refractivity contribution in [1.29, 1.82) is 0 Å². The quantitative estimate of drug-likeness (QED) is 0.740. The Morgan fingerprint density at radius 2 is 1.76 bits per heavy atom. The number of carbonyl (C=O) groups is 1. The van der Waals surface area contributed by atoms with Crippen LogP contribution < -0.4 is 4.90 Å². The van der Waals surface area contributed by atoms with Gasteiger partial charge in [0.1, 0.15) is 17.3 Å². The van der Waals surface area contributed by atoms with E-state index in [4.69, 9.17) is 4.98 Å². The van der Waals surface area contributed by atoms with Gasteiger partial charge in [0.2, 0.25) is 0 Å². The first-order valence-electron chi connectivity index (χ1n) is 10.0. The molecule has 0 atom stereocenters. The number of rotatable bonds is 4. The lowest BCUT2D eigenvalue weighted by Crippen LogP contribution is -2.49. The summed E-state index contributed by atoms with van der Waals surface area (Å²) in [5.74, 6) is 2.09. The zero-order chi connectivity index (χ0) is 20.4. The number of piperazine rings is 1. The van der Waals surface area contributed by atoms with E-state index in [-0.39, 0.29) is 11.8 Å². The van der Waals surface area contributed by atoms with Gasteiger partial charge in [0, 0.05) is 49.4 Å². The number of anilines is 1. The van der Waals surface area contributed by atoms with Gasteiger partial charge in [0.05, 0.1) is 5.69 Å². The number of hydrogen-bond donors (Lipinski definition) is 1. The van der Waals surface area contributed by atoms with Crippen LogP contribution in [-0.2, 0) is 0 Å². The van der Waals surface area contributed by atoms with Crippen LogP contribution in [0.4, 0.5) is 5.82 Å². The minimum atomic E-state index is -0.0129. The SMILES string of the molecule is Cc1cc(N2CCN(C(=O)c3cc(-c4ccccc4)n[nH]3)CC2)nc(C(C)C)n1. The molecule has 3 heterocycles. The fourth-order valence-electron chi connectivity index (χ4n) is 3.49. The highest BCUT2D eigenvalue weighted by Gasteiger charge is 2.25. The van der Waals surface area contributed by atoms with Crippen LogP contribution in [0.1, 0.15) is 41.8 Å². The Bertz CT molecular complexity index is 990. The van der Waals surface area contributed by atoms with Gasteiger partial charge in [-0.25, -0.2) is 9.97 Å². The lowest BCUT2D eigenvalue weighted by atomic mass is 10.1. The van der Waals surface area contributed by atoms with Crippen molar-refractivity contribution >= 4 is 11.7 Å². The van der Waals surface area contributed by atoms with Gasteiger partial charge in [-0.2, -0.15) is 5.10 Å². The average Bonchev–Trinajstić information content (AvgIpc) is 3.24. The van der Waals surface area contributed by atoms with Crippen molar-refractivity contribution in [2.24, 2.45) is 0 Å². The Morgan fingerprint density at radius 3 is 2.45 bits per heavy atom. The number of aryl methyl sites for hydroxylation is 1. The highest BCUT2D eigenvalue weighted by atomic mass is 16.2. The fourth-order valence-corrected chi connectivity index (χ4v) is 3.49. The number of aromatic amines is 1. The van der Waals surface area contributed by atoms with E-state index in [2.05, 4.69) is 33.9 Å². The van der Waals surface area contributed by atoms with Crippen LogP contribution >= 0.6 is 0 Å². The maximum Gasteiger partial charge on any atom is 0.272 e. The molecular weight excluding hydrogens is 364 g/mol. The maximum atomic E-state index is 12.9. The molecule has 1 saturated heterocycles. The maximum absolute atomic E-state index is 12.9. The molecule has 4 rings (SSSR count). The van der Waals surface area contributed by atoms with Gasteiger partial charge in [-0.1, -0.05) is 44.2 Å². The molecule has 7 heteroatoms. The Morgan fingerprint density at radius 1 is 1.03 bits per heavy atom. The molecule has 0 unspecified atom stereocenters. The summed E-state index contributed by atoms with van der Waals surface area (Å²) in [6.07, 6.45) is 0. The second kappa shape index (κ2) is 8.03. The summed E-state index contributed by atoms with van der Waals surface area (Å²) in [4.78, 5) is 26.2. The van der Waals surface area contributed by atoms with Gasteiger partial charge in [-0.05, 0) is 13.0 Å². The number of H-pyrrole nitrogens is 1. The molecule has 150 valence electrons. The molecule has 1 amide bonds. The smallest absolute Gasteiger partial charge is 0.272 e. The first kappa shape index (κ1) is 19.1. The van der Waals surface area contributed by atoms with Gasteiger partial charge in [0.15, 0.2) is 0 Å². The molecule has 0 radical (unpaired) electrons. The summed E-state index contributed by atoms with van der Waals surface area (Å²) in [6, 6.07) is 13.7. The summed E-state index contributed by atoms with van der Waals surface area (Å²) in [5, 5.41) is 7.20. The van der Waals surface area contributed by atoms with Crippen LogP contribution in [0.3, 0.4) is 0 Å². The second-order valence-electron chi connectivity index (χ2n) is 7.69. The second-order valence-corrected chi connectivity index (χ2v) is 7.69. The highest BCUT2D eigenvalue weighted by molar-refractivity contribution is 5.93. The van der Waals surface area contributed by atoms with Crippen molar-refractivity contribution in [3.63, 3.8) is 0 Å². The predicted molar refractivity (Wildman–Crippen MR) is 113 cm³/mol. The molecular formula is C22H26N6O. The molecule has 0 aliphatic carbocycles. The topological polar surface area (TPSA) is 78.0 Å². The van der Waals surface area contributed by atoms with Crippen molar-refractivity contribution in [2.75, 3.05) is 31.1 Å². The number of nitrogens with one attached hydrogen (secondary N) is 1. The summed E-state index contributed by atoms with van der Waals surface area (Å²) < 4.78 is 0. The standard InChI is InChI=1S/C22H26N6O/c1-15(2)21-23-16(3)13-20(24-21)27-9-11-28(12-10-27)22(29)19-14-18(25-26-19)17-7-5-4-6-8-17/h4-8,13-15H,9-12H2,1-3H3,(H,25,26). The third-order valence-electron chi connectivity index (χ3n) is 5.14. The Hall–Kier alpha value is -3.22. The first-order chi connectivity index (χ1) is 14.0. The summed E-state index contributed by atoms with van der Waals surface area (Å²) >= 11 is 0. The summed E-state index contributed by atoms with van der Waals surface area (Å²) in [6.45, 7) is 9.00. The number of nitrogens with zero attached hydrogens (tertiary/aromatic N) is 5. The Balaban J connectivity index is 1.42. The molecule has 3 aromatic rings. The Kier molecular flexibility index (Phi) is 5.29. The van der Waals surface area contributed by atoms with Crippen molar-refractivity contribution in [1.82, 2.24) is 25.1 Å². The van der Waals surface area contributed by atoms with E-state index in [0.29, 0.717) is 18.8 Å². The first-order valence-corrected chi connectivity index (χ1v) is 10.0.